The van der Waals surface area contributed by atoms with Crippen molar-refractivity contribution in [3.63, 3.8) is 0 Å². The number of thioether (sulfide) groups is 1. The van der Waals surface area contributed by atoms with E-state index in [9.17, 15) is 9.59 Å². The maximum atomic E-state index is 12.6. The average Bonchev–Trinajstić information content (AvgIpc) is 2.82. The lowest BCUT2D eigenvalue weighted by atomic mass is 10.1. The first-order chi connectivity index (χ1) is 10.1. The molecule has 0 bridgehead atoms. The Morgan fingerprint density at radius 2 is 2.24 bits per heavy atom. The normalized spacial score (nSPS) is 18.7. The van der Waals surface area contributed by atoms with E-state index in [1.165, 1.54) is 22.9 Å². The van der Waals surface area contributed by atoms with Gasteiger partial charge in [-0.2, -0.15) is 0 Å². The summed E-state index contributed by atoms with van der Waals surface area (Å²) in [6.07, 6.45) is 1.39. The SMILES string of the molecule is O=C1CSC(c2coc3ccc(Cl)cc3c2=O)N1CCO. The summed E-state index contributed by atoms with van der Waals surface area (Å²) < 4.78 is 5.48. The molecule has 1 amide bonds. The molecule has 1 atom stereocenters. The molecule has 7 heteroatoms. The fraction of sp³-hybridized carbons (Fsp3) is 0.286. The number of amides is 1. The van der Waals surface area contributed by atoms with Crippen molar-refractivity contribution in [1.82, 2.24) is 4.90 Å². The lowest BCUT2D eigenvalue weighted by molar-refractivity contribution is -0.128. The van der Waals surface area contributed by atoms with Crippen molar-refractivity contribution in [2.24, 2.45) is 0 Å². The highest BCUT2D eigenvalue weighted by Gasteiger charge is 2.34. The van der Waals surface area contributed by atoms with Crippen LogP contribution in [-0.4, -0.2) is 34.8 Å². The van der Waals surface area contributed by atoms with Crippen molar-refractivity contribution in [1.29, 1.82) is 0 Å². The first-order valence-corrected chi connectivity index (χ1v) is 7.77. The molecular formula is C14H12ClNO4S. The molecule has 110 valence electrons. The number of rotatable bonds is 3. The summed E-state index contributed by atoms with van der Waals surface area (Å²) in [7, 11) is 0. The third-order valence-corrected chi connectivity index (χ3v) is 4.81. The molecule has 1 aliphatic heterocycles. The topological polar surface area (TPSA) is 70.8 Å². The first-order valence-electron chi connectivity index (χ1n) is 6.34. The molecule has 1 fully saturated rings. The van der Waals surface area contributed by atoms with E-state index >= 15 is 0 Å². The van der Waals surface area contributed by atoms with Gasteiger partial charge >= 0.3 is 0 Å². The summed E-state index contributed by atoms with van der Waals surface area (Å²) in [4.78, 5) is 25.9. The molecule has 2 heterocycles. The van der Waals surface area contributed by atoms with Crippen LogP contribution in [0.4, 0.5) is 0 Å². The van der Waals surface area contributed by atoms with Crippen LogP contribution in [0.5, 0.6) is 0 Å². The number of benzene rings is 1. The highest BCUT2D eigenvalue weighted by molar-refractivity contribution is 8.00. The smallest absolute Gasteiger partial charge is 0.233 e. The van der Waals surface area contributed by atoms with E-state index < -0.39 is 5.37 Å². The molecule has 1 unspecified atom stereocenters. The van der Waals surface area contributed by atoms with Gasteiger partial charge in [-0.15, -0.1) is 11.8 Å². The van der Waals surface area contributed by atoms with Crippen molar-refractivity contribution in [2.45, 2.75) is 5.37 Å². The predicted octanol–water partition coefficient (Wildman–Crippen LogP) is 2.01. The summed E-state index contributed by atoms with van der Waals surface area (Å²) in [5.74, 6) is 0.196. The van der Waals surface area contributed by atoms with Gasteiger partial charge in [-0.25, -0.2) is 0 Å². The molecule has 1 aliphatic rings. The van der Waals surface area contributed by atoms with Crippen LogP contribution in [0.25, 0.3) is 11.0 Å². The molecule has 1 aromatic heterocycles. The molecule has 0 aliphatic carbocycles. The van der Waals surface area contributed by atoms with Gasteiger partial charge in [0.25, 0.3) is 0 Å². The molecule has 1 saturated heterocycles. The van der Waals surface area contributed by atoms with Crippen LogP contribution in [0.3, 0.4) is 0 Å². The van der Waals surface area contributed by atoms with E-state index in [0.29, 0.717) is 21.6 Å². The average molecular weight is 326 g/mol. The number of hydrogen-bond acceptors (Lipinski definition) is 5. The third-order valence-electron chi connectivity index (χ3n) is 3.34. The lowest BCUT2D eigenvalue weighted by Gasteiger charge is -2.22. The van der Waals surface area contributed by atoms with E-state index in [0.717, 1.165) is 0 Å². The Labute approximate surface area is 129 Å². The second-order valence-corrected chi connectivity index (χ2v) is 6.14. The van der Waals surface area contributed by atoms with Crippen LogP contribution in [0.1, 0.15) is 10.9 Å². The molecule has 1 N–H and O–H groups in total. The van der Waals surface area contributed by atoms with Crippen LogP contribution < -0.4 is 5.43 Å². The van der Waals surface area contributed by atoms with E-state index in [2.05, 4.69) is 0 Å². The highest BCUT2D eigenvalue weighted by atomic mass is 35.5. The Morgan fingerprint density at radius 3 is 3.00 bits per heavy atom. The maximum absolute atomic E-state index is 12.6. The van der Waals surface area contributed by atoms with Crippen LogP contribution in [0, 0.1) is 0 Å². The summed E-state index contributed by atoms with van der Waals surface area (Å²) in [5.41, 5.74) is 0.652. The van der Waals surface area contributed by atoms with E-state index in [-0.39, 0.29) is 30.2 Å². The minimum absolute atomic E-state index is 0.0929. The number of carbonyl (C=O) groups excluding carboxylic acids is 1. The molecule has 0 radical (unpaired) electrons. The maximum Gasteiger partial charge on any atom is 0.233 e. The standard InChI is InChI=1S/C14H12ClNO4S/c15-8-1-2-11-9(5-8)13(19)10(6-20-11)14-16(3-4-17)12(18)7-21-14/h1-2,5-6,14,17H,3-4,7H2. The van der Waals surface area contributed by atoms with Crippen molar-refractivity contribution >= 4 is 40.2 Å². The molecule has 2 aromatic rings. The lowest BCUT2D eigenvalue weighted by Crippen LogP contribution is -2.32. The Bertz CT molecular complexity index is 760. The summed E-state index contributed by atoms with van der Waals surface area (Å²) in [6, 6.07) is 4.85. The van der Waals surface area contributed by atoms with Gasteiger partial charge in [0.15, 0.2) is 5.43 Å². The summed E-state index contributed by atoms with van der Waals surface area (Å²) >= 11 is 7.27. The molecular weight excluding hydrogens is 314 g/mol. The number of halogens is 1. The van der Waals surface area contributed by atoms with Crippen LogP contribution in [0.15, 0.2) is 33.7 Å². The van der Waals surface area contributed by atoms with Gasteiger partial charge in [-0.3, -0.25) is 9.59 Å². The largest absolute Gasteiger partial charge is 0.464 e. The van der Waals surface area contributed by atoms with Gasteiger partial charge in [0, 0.05) is 11.6 Å². The number of hydrogen-bond donors (Lipinski definition) is 1. The molecule has 3 rings (SSSR count). The van der Waals surface area contributed by atoms with Crippen molar-refractivity contribution in [2.75, 3.05) is 18.9 Å². The second-order valence-electron chi connectivity index (χ2n) is 4.63. The molecule has 0 spiro atoms. The second kappa shape index (κ2) is 5.71. The minimum atomic E-state index is -0.427. The van der Waals surface area contributed by atoms with Gasteiger partial charge in [0.1, 0.15) is 17.2 Å². The Morgan fingerprint density at radius 1 is 1.43 bits per heavy atom. The number of β-amino-alcohol motifs (C(OH)–C–C–N with tert-alkyl or cyclic N) is 1. The van der Waals surface area contributed by atoms with Crippen LogP contribution in [-0.2, 0) is 4.79 Å². The number of aliphatic hydroxyl groups is 1. The molecule has 5 nitrogen and oxygen atoms in total. The number of fused-ring (bicyclic) bond motifs is 1. The van der Waals surface area contributed by atoms with Crippen LogP contribution >= 0.6 is 23.4 Å². The predicted molar refractivity (Wildman–Crippen MR) is 81.5 cm³/mol. The molecule has 1 aromatic carbocycles. The monoisotopic (exact) mass is 325 g/mol. The van der Waals surface area contributed by atoms with Crippen LogP contribution in [0.2, 0.25) is 5.02 Å². The quantitative estimate of drug-likeness (QED) is 0.934. The zero-order valence-corrected chi connectivity index (χ0v) is 12.5. The van der Waals surface area contributed by atoms with Gasteiger partial charge in [-0.1, -0.05) is 11.6 Å². The first kappa shape index (κ1) is 14.4. The van der Waals surface area contributed by atoms with Gasteiger partial charge in [0.2, 0.25) is 5.91 Å². The minimum Gasteiger partial charge on any atom is -0.464 e. The Kier molecular flexibility index (Phi) is 3.93. The van der Waals surface area contributed by atoms with E-state index in [1.807, 2.05) is 0 Å². The van der Waals surface area contributed by atoms with Crippen molar-refractivity contribution in [3.8, 4) is 0 Å². The van der Waals surface area contributed by atoms with E-state index in [4.69, 9.17) is 21.1 Å². The van der Waals surface area contributed by atoms with Gasteiger partial charge < -0.3 is 14.4 Å². The van der Waals surface area contributed by atoms with Crippen molar-refractivity contribution in [3.05, 3.63) is 45.3 Å². The summed E-state index contributed by atoms with van der Waals surface area (Å²) in [5, 5.41) is 9.48. The summed E-state index contributed by atoms with van der Waals surface area (Å²) in [6.45, 7) is 0.0526. The number of aliphatic hydroxyl groups excluding tert-OH is 1. The molecule has 0 saturated carbocycles. The zero-order valence-electron chi connectivity index (χ0n) is 10.9. The van der Waals surface area contributed by atoms with Crippen molar-refractivity contribution < 1.29 is 14.3 Å². The fourth-order valence-electron chi connectivity index (χ4n) is 2.35. The highest BCUT2D eigenvalue weighted by Crippen LogP contribution is 2.37. The van der Waals surface area contributed by atoms with E-state index in [1.54, 1.807) is 18.2 Å². The number of carbonyl (C=O) groups is 1. The Hall–Kier alpha value is -1.50. The Balaban J connectivity index is 2.10. The third kappa shape index (κ3) is 2.54. The number of nitrogens with zero attached hydrogens (tertiary/aromatic N) is 1. The van der Waals surface area contributed by atoms with Gasteiger partial charge in [0.05, 0.1) is 23.3 Å². The zero-order chi connectivity index (χ0) is 15.0. The molecule has 21 heavy (non-hydrogen) atoms. The fourth-order valence-corrected chi connectivity index (χ4v) is 3.73. The van der Waals surface area contributed by atoms with Gasteiger partial charge in [-0.05, 0) is 18.2 Å².